The molecule has 1 saturated heterocycles. The summed E-state index contributed by atoms with van der Waals surface area (Å²) in [5, 5.41) is 11.2. The number of carboxylic acid groups (broad SMARTS) is 1. The fourth-order valence-electron chi connectivity index (χ4n) is 3.22. The van der Waals surface area contributed by atoms with Gasteiger partial charge in [-0.1, -0.05) is 0 Å². The Balaban J connectivity index is 0.00000156. The predicted octanol–water partition coefficient (Wildman–Crippen LogP) is -2.96. The van der Waals surface area contributed by atoms with E-state index in [1.54, 1.807) is 6.07 Å². The molecule has 0 saturated carbocycles. The Labute approximate surface area is 153 Å². The summed E-state index contributed by atoms with van der Waals surface area (Å²) in [4.78, 5) is 32.6. The Morgan fingerprint density at radius 1 is 1.43 bits per heavy atom. The zero-order valence-electron chi connectivity index (χ0n) is 12.8. The standard InChI is InChI=1S/C15H15N3O4.Na/c19-12-9-5-11-14(17-13(9)16-6-10(12)15(20)21)18-4-2-1-3-8(18)7-22-11;/h5-6,8H,1-4,7H2,(H,20,21)(H,16,17,19);/q;+1/p-1. The Kier molecular flexibility index (Phi) is 4.35. The number of fused-ring (bicyclic) bond motifs is 4. The van der Waals surface area contributed by atoms with Crippen LogP contribution in [0.15, 0.2) is 17.1 Å². The second-order valence-corrected chi connectivity index (χ2v) is 5.68. The SMILES string of the molecule is O=C([O-])c1c[nH]c2nc3c(cc2c1=O)OCC1CCCCN31.[Na+]. The number of carboxylic acids is 1. The van der Waals surface area contributed by atoms with Gasteiger partial charge in [0.05, 0.1) is 23.0 Å². The van der Waals surface area contributed by atoms with Gasteiger partial charge in [-0.25, -0.2) is 4.98 Å². The number of piperidine rings is 1. The Hall–Kier alpha value is -1.57. The minimum Gasteiger partial charge on any atom is -0.545 e. The van der Waals surface area contributed by atoms with Crippen LogP contribution in [0, 0.1) is 0 Å². The van der Waals surface area contributed by atoms with E-state index in [0.717, 1.165) is 31.4 Å². The number of carbonyl (C=O) groups excluding carboxylic acids is 1. The number of pyridine rings is 2. The summed E-state index contributed by atoms with van der Waals surface area (Å²) in [6.07, 6.45) is 4.49. The van der Waals surface area contributed by atoms with Gasteiger partial charge in [0.15, 0.2) is 17.0 Å². The van der Waals surface area contributed by atoms with Gasteiger partial charge in [0.25, 0.3) is 0 Å². The summed E-state index contributed by atoms with van der Waals surface area (Å²) in [6.45, 7) is 1.49. The molecule has 0 aromatic carbocycles. The molecule has 0 aliphatic carbocycles. The van der Waals surface area contributed by atoms with Gasteiger partial charge in [-0.2, -0.15) is 0 Å². The van der Waals surface area contributed by atoms with Crippen molar-refractivity contribution >= 4 is 22.8 Å². The summed E-state index contributed by atoms with van der Waals surface area (Å²) < 4.78 is 5.74. The molecule has 0 bridgehead atoms. The molecule has 4 rings (SSSR count). The van der Waals surface area contributed by atoms with Crippen LogP contribution < -0.4 is 49.7 Å². The van der Waals surface area contributed by atoms with Crippen LogP contribution in [0.5, 0.6) is 5.75 Å². The summed E-state index contributed by atoms with van der Waals surface area (Å²) in [6, 6.07) is 1.90. The van der Waals surface area contributed by atoms with Crippen molar-refractivity contribution in [1.82, 2.24) is 9.97 Å². The molecule has 2 aromatic heterocycles. The predicted molar refractivity (Wildman–Crippen MR) is 77.2 cm³/mol. The minimum atomic E-state index is -1.50. The number of nitrogens with one attached hydrogen (secondary N) is 1. The molecule has 4 heterocycles. The van der Waals surface area contributed by atoms with E-state index in [0.29, 0.717) is 24.0 Å². The van der Waals surface area contributed by atoms with Gasteiger partial charge < -0.3 is 24.5 Å². The number of ether oxygens (including phenoxy) is 1. The number of rotatable bonds is 1. The van der Waals surface area contributed by atoms with E-state index in [-0.39, 0.29) is 34.9 Å². The molecular formula is C15H14N3NaO4. The monoisotopic (exact) mass is 323 g/mol. The molecule has 2 aliphatic rings. The van der Waals surface area contributed by atoms with Crippen molar-refractivity contribution < 1.29 is 44.2 Å². The van der Waals surface area contributed by atoms with E-state index in [9.17, 15) is 14.7 Å². The molecule has 23 heavy (non-hydrogen) atoms. The Morgan fingerprint density at radius 2 is 2.26 bits per heavy atom. The van der Waals surface area contributed by atoms with Gasteiger partial charge in [-0.05, 0) is 25.3 Å². The van der Waals surface area contributed by atoms with Gasteiger partial charge >= 0.3 is 29.6 Å². The topological polar surface area (TPSA) is 98.3 Å². The van der Waals surface area contributed by atoms with Crippen molar-refractivity contribution in [2.75, 3.05) is 18.1 Å². The second-order valence-electron chi connectivity index (χ2n) is 5.68. The molecule has 0 amide bonds. The first-order chi connectivity index (χ1) is 10.6. The maximum absolute atomic E-state index is 12.2. The van der Waals surface area contributed by atoms with E-state index in [1.165, 1.54) is 6.42 Å². The molecule has 0 spiro atoms. The van der Waals surface area contributed by atoms with Crippen LogP contribution in [-0.4, -0.2) is 35.1 Å². The van der Waals surface area contributed by atoms with Crippen LogP contribution in [-0.2, 0) is 0 Å². The molecular weight excluding hydrogens is 309 g/mol. The maximum atomic E-state index is 12.2. The summed E-state index contributed by atoms with van der Waals surface area (Å²) >= 11 is 0. The van der Waals surface area contributed by atoms with Crippen LogP contribution in [0.4, 0.5) is 5.82 Å². The van der Waals surface area contributed by atoms with Crippen molar-refractivity contribution in [3.8, 4) is 5.75 Å². The number of anilines is 1. The van der Waals surface area contributed by atoms with Gasteiger partial charge in [-0.15, -0.1) is 0 Å². The second kappa shape index (κ2) is 6.14. The summed E-state index contributed by atoms with van der Waals surface area (Å²) in [5.41, 5.74) is -0.641. The van der Waals surface area contributed by atoms with Crippen LogP contribution in [0.25, 0.3) is 11.0 Å². The van der Waals surface area contributed by atoms with Crippen molar-refractivity contribution in [3.63, 3.8) is 0 Å². The average Bonchev–Trinajstić information content (AvgIpc) is 2.53. The number of aromatic carboxylic acids is 1. The van der Waals surface area contributed by atoms with Crippen molar-refractivity contribution in [2.45, 2.75) is 25.3 Å². The van der Waals surface area contributed by atoms with E-state index in [2.05, 4.69) is 14.9 Å². The molecule has 2 aromatic rings. The van der Waals surface area contributed by atoms with Crippen molar-refractivity contribution in [2.24, 2.45) is 0 Å². The maximum Gasteiger partial charge on any atom is 1.00 e. The molecule has 1 atom stereocenters. The number of carbonyl (C=O) groups is 1. The quantitative estimate of drug-likeness (QED) is 0.563. The molecule has 8 heteroatoms. The minimum absolute atomic E-state index is 0. The van der Waals surface area contributed by atoms with E-state index >= 15 is 0 Å². The molecule has 1 N–H and O–H groups in total. The first kappa shape index (κ1) is 16.3. The van der Waals surface area contributed by atoms with E-state index < -0.39 is 17.0 Å². The van der Waals surface area contributed by atoms with Gasteiger partial charge in [0.2, 0.25) is 0 Å². The normalized spacial score (nSPS) is 19.3. The average molecular weight is 323 g/mol. The van der Waals surface area contributed by atoms with Gasteiger partial charge in [0.1, 0.15) is 12.3 Å². The zero-order valence-corrected chi connectivity index (χ0v) is 14.8. The zero-order chi connectivity index (χ0) is 15.3. The van der Waals surface area contributed by atoms with Crippen molar-refractivity contribution in [1.29, 1.82) is 0 Å². The van der Waals surface area contributed by atoms with Crippen LogP contribution in [0.1, 0.15) is 29.6 Å². The third kappa shape index (κ3) is 2.62. The van der Waals surface area contributed by atoms with Crippen LogP contribution in [0.2, 0.25) is 0 Å². The first-order valence-electron chi connectivity index (χ1n) is 7.32. The molecule has 2 aliphatic heterocycles. The van der Waals surface area contributed by atoms with Gasteiger partial charge in [-0.3, -0.25) is 4.79 Å². The van der Waals surface area contributed by atoms with E-state index in [1.807, 2.05) is 0 Å². The summed E-state index contributed by atoms with van der Waals surface area (Å²) in [5.74, 6) is -0.246. The Morgan fingerprint density at radius 3 is 3.04 bits per heavy atom. The third-order valence-corrected chi connectivity index (χ3v) is 4.36. The molecule has 7 nitrogen and oxygen atoms in total. The molecule has 0 radical (unpaired) electrons. The fraction of sp³-hybridized carbons (Fsp3) is 0.400. The van der Waals surface area contributed by atoms with Crippen molar-refractivity contribution in [3.05, 3.63) is 28.0 Å². The smallest absolute Gasteiger partial charge is 0.545 e. The number of nitrogens with zero attached hydrogens (tertiary/aromatic N) is 2. The molecule has 114 valence electrons. The number of H-pyrrole nitrogens is 1. The van der Waals surface area contributed by atoms with Crippen LogP contribution in [0.3, 0.4) is 0 Å². The Bertz CT molecular complexity index is 835. The molecule has 1 unspecified atom stereocenters. The van der Waals surface area contributed by atoms with Gasteiger partial charge in [0, 0.05) is 12.7 Å². The third-order valence-electron chi connectivity index (χ3n) is 4.36. The largest absolute Gasteiger partial charge is 1.00 e. The number of hydrogen-bond acceptors (Lipinski definition) is 6. The number of aromatic amines is 1. The molecule has 1 fully saturated rings. The summed E-state index contributed by atoms with van der Waals surface area (Å²) in [7, 11) is 0. The number of hydrogen-bond donors (Lipinski definition) is 1. The number of aromatic nitrogens is 2. The first-order valence-corrected chi connectivity index (χ1v) is 7.32. The van der Waals surface area contributed by atoms with E-state index in [4.69, 9.17) is 4.74 Å². The fourth-order valence-corrected chi connectivity index (χ4v) is 3.22. The van der Waals surface area contributed by atoms with Crippen LogP contribution >= 0.6 is 0 Å².